The number of carbonyl (C=O) groups is 2. The van der Waals surface area contributed by atoms with Gasteiger partial charge in [0.15, 0.2) is 0 Å². The smallest absolute Gasteiger partial charge is 0.253 e. The fraction of sp³-hybridized carbons (Fsp3) is 0.238. The maximum absolute atomic E-state index is 13.4. The first-order valence-corrected chi connectivity index (χ1v) is 8.57. The molecule has 1 fully saturated rings. The van der Waals surface area contributed by atoms with E-state index in [9.17, 15) is 14.0 Å². The summed E-state index contributed by atoms with van der Waals surface area (Å²) in [5.41, 5.74) is 2.52. The van der Waals surface area contributed by atoms with Crippen LogP contribution in [0.3, 0.4) is 0 Å². The number of carbonyl (C=O) groups excluding carboxylic acids is 2. The van der Waals surface area contributed by atoms with Crippen LogP contribution in [0.2, 0.25) is 0 Å². The Morgan fingerprint density at radius 3 is 1.92 bits per heavy atom. The van der Waals surface area contributed by atoms with Gasteiger partial charge in [-0.25, -0.2) is 4.39 Å². The number of aryl methyl sites for hydroxylation is 1. The van der Waals surface area contributed by atoms with Gasteiger partial charge in [-0.3, -0.25) is 9.59 Å². The van der Waals surface area contributed by atoms with Crippen LogP contribution >= 0.6 is 0 Å². The van der Waals surface area contributed by atoms with E-state index in [1.807, 2.05) is 12.1 Å². The summed E-state index contributed by atoms with van der Waals surface area (Å²) in [6.45, 7) is 7.23. The van der Waals surface area contributed by atoms with Gasteiger partial charge in [-0.05, 0) is 48.4 Å². The number of benzene rings is 2. The van der Waals surface area contributed by atoms with Gasteiger partial charge in [-0.15, -0.1) is 0 Å². The molecule has 2 amide bonds. The van der Waals surface area contributed by atoms with Gasteiger partial charge in [-0.2, -0.15) is 0 Å². The Hall–Kier alpha value is -2.95. The van der Waals surface area contributed by atoms with E-state index in [2.05, 4.69) is 6.58 Å². The van der Waals surface area contributed by atoms with Crippen LogP contribution in [0.25, 0.3) is 6.08 Å². The summed E-state index contributed by atoms with van der Waals surface area (Å²) < 4.78 is 13.4. The molecule has 1 saturated heterocycles. The molecule has 0 bridgehead atoms. The molecule has 1 aliphatic rings. The average Bonchev–Trinajstić information content (AvgIpc) is 2.69. The van der Waals surface area contributed by atoms with Crippen LogP contribution in [-0.4, -0.2) is 47.8 Å². The largest absolute Gasteiger partial charge is 0.335 e. The first-order valence-electron chi connectivity index (χ1n) is 8.57. The fourth-order valence-corrected chi connectivity index (χ4v) is 3.02. The minimum atomic E-state index is -0.320. The molecule has 1 aliphatic heterocycles. The van der Waals surface area contributed by atoms with Crippen molar-refractivity contribution in [3.05, 3.63) is 77.1 Å². The molecule has 2 aromatic carbocycles. The molecule has 0 atom stereocenters. The van der Waals surface area contributed by atoms with Gasteiger partial charge in [0.2, 0.25) is 0 Å². The van der Waals surface area contributed by atoms with Crippen molar-refractivity contribution in [2.45, 2.75) is 6.92 Å². The lowest BCUT2D eigenvalue weighted by molar-refractivity contribution is 0.0535. The van der Waals surface area contributed by atoms with Crippen molar-refractivity contribution in [3.8, 4) is 0 Å². The van der Waals surface area contributed by atoms with E-state index in [0.29, 0.717) is 42.9 Å². The van der Waals surface area contributed by atoms with Crippen LogP contribution in [0.15, 0.2) is 49.0 Å². The van der Waals surface area contributed by atoms with E-state index in [-0.39, 0.29) is 17.6 Å². The molecule has 0 unspecified atom stereocenters. The Morgan fingerprint density at radius 2 is 1.42 bits per heavy atom. The molecule has 26 heavy (non-hydrogen) atoms. The fourth-order valence-electron chi connectivity index (χ4n) is 3.02. The number of hydrogen-bond acceptors (Lipinski definition) is 2. The normalized spacial score (nSPS) is 14.2. The van der Waals surface area contributed by atoms with Crippen molar-refractivity contribution >= 4 is 17.9 Å². The molecule has 0 saturated carbocycles. The summed E-state index contributed by atoms with van der Waals surface area (Å²) in [5, 5.41) is 0. The second-order valence-electron chi connectivity index (χ2n) is 6.37. The summed E-state index contributed by atoms with van der Waals surface area (Å²) in [6.07, 6.45) is 1.73. The maximum atomic E-state index is 13.4. The number of hydrogen-bond donors (Lipinski definition) is 0. The Labute approximate surface area is 152 Å². The summed E-state index contributed by atoms with van der Waals surface area (Å²) in [5.74, 6) is -0.486. The van der Waals surface area contributed by atoms with Crippen molar-refractivity contribution < 1.29 is 14.0 Å². The molecule has 2 aromatic rings. The summed E-state index contributed by atoms with van der Waals surface area (Å²) in [4.78, 5) is 28.6. The van der Waals surface area contributed by atoms with Gasteiger partial charge < -0.3 is 9.80 Å². The highest BCUT2D eigenvalue weighted by atomic mass is 19.1. The van der Waals surface area contributed by atoms with Crippen LogP contribution in [0.1, 0.15) is 31.8 Å². The second-order valence-corrected chi connectivity index (χ2v) is 6.37. The molecule has 134 valence electrons. The molecule has 3 rings (SSSR count). The van der Waals surface area contributed by atoms with E-state index in [1.165, 1.54) is 12.1 Å². The molecule has 0 aliphatic carbocycles. The van der Waals surface area contributed by atoms with Gasteiger partial charge in [0.1, 0.15) is 5.82 Å². The number of amides is 2. The zero-order valence-electron chi connectivity index (χ0n) is 14.7. The highest BCUT2D eigenvalue weighted by Gasteiger charge is 2.25. The Balaban J connectivity index is 1.62. The topological polar surface area (TPSA) is 40.6 Å². The second kappa shape index (κ2) is 7.52. The standard InChI is InChI=1S/C21H21FN2O2/c1-3-16-4-6-17(7-5-16)20(25)23-10-12-24(13-11-23)21(26)18-8-9-19(22)15(2)14-18/h3-9,14H,1,10-13H2,2H3. The molecule has 0 N–H and O–H groups in total. The lowest BCUT2D eigenvalue weighted by Gasteiger charge is -2.35. The van der Waals surface area contributed by atoms with Crippen LogP contribution in [0.5, 0.6) is 0 Å². The SMILES string of the molecule is C=Cc1ccc(C(=O)N2CCN(C(=O)c3ccc(F)c(C)c3)CC2)cc1. The molecular weight excluding hydrogens is 331 g/mol. The van der Waals surface area contributed by atoms with E-state index in [4.69, 9.17) is 0 Å². The number of rotatable bonds is 3. The Bertz CT molecular complexity index is 838. The number of nitrogens with zero attached hydrogens (tertiary/aromatic N) is 2. The minimum absolute atomic E-state index is 0.0367. The molecule has 0 aromatic heterocycles. The summed E-state index contributed by atoms with van der Waals surface area (Å²) in [7, 11) is 0. The van der Waals surface area contributed by atoms with E-state index >= 15 is 0 Å². The highest BCUT2D eigenvalue weighted by molar-refractivity contribution is 5.96. The number of halogens is 1. The summed E-state index contributed by atoms with van der Waals surface area (Å²) in [6, 6.07) is 11.7. The van der Waals surface area contributed by atoms with Gasteiger partial charge in [0.05, 0.1) is 0 Å². The Morgan fingerprint density at radius 1 is 0.923 bits per heavy atom. The van der Waals surface area contributed by atoms with Crippen molar-refractivity contribution in [3.63, 3.8) is 0 Å². The lowest BCUT2D eigenvalue weighted by atomic mass is 10.1. The first-order chi connectivity index (χ1) is 12.5. The molecule has 0 spiro atoms. The third kappa shape index (κ3) is 3.67. The van der Waals surface area contributed by atoms with Crippen molar-refractivity contribution in [2.24, 2.45) is 0 Å². The molecule has 4 nitrogen and oxygen atoms in total. The zero-order valence-corrected chi connectivity index (χ0v) is 14.7. The first kappa shape index (κ1) is 17.9. The highest BCUT2D eigenvalue weighted by Crippen LogP contribution is 2.15. The lowest BCUT2D eigenvalue weighted by Crippen LogP contribution is -2.50. The maximum Gasteiger partial charge on any atom is 0.253 e. The van der Waals surface area contributed by atoms with Crippen molar-refractivity contribution in [1.29, 1.82) is 0 Å². The van der Waals surface area contributed by atoms with Crippen LogP contribution < -0.4 is 0 Å². The van der Waals surface area contributed by atoms with Crippen LogP contribution in [0.4, 0.5) is 4.39 Å². The van der Waals surface area contributed by atoms with Crippen molar-refractivity contribution in [2.75, 3.05) is 26.2 Å². The predicted molar refractivity (Wildman–Crippen MR) is 99.5 cm³/mol. The molecule has 1 heterocycles. The number of piperazine rings is 1. The van der Waals surface area contributed by atoms with Crippen molar-refractivity contribution in [1.82, 2.24) is 9.80 Å². The van der Waals surface area contributed by atoms with Gasteiger partial charge in [0, 0.05) is 37.3 Å². The third-order valence-corrected chi connectivity index (χ3v) is 4.65. The summed E-state index contributed by atoms with van der Waals surface area (Å²) >= 11 is 0. The predicted octanol–water partition coefficient (Wildman–Crippen LogP) is 3.38. The zero-order chi connectivity index (χ0) is 18.7. The Kier molecular flexibility index (Phi) is 5.16. The van der Waals surface area contributed by atoms with Gasteiger partial charge in [0.25, 0.3) is 11.8 Å². The molecular formula is C21H21FN2O2. The van der Waals surface area contributed by atoms with Crippen LogP contribution in [0, 0.1) is 12.7 Å². The third-order valence-electron chi connectivity index (χ3n) is 4.65. The minimum Gasteiger partial charge on any atom is -0.335 e. The monoisotopic (exact) mass is 352 g/mol. The van der Waals surface area contributed by atoms with E-state index in [0.717, 1.165) is 5.56 Å². The van der Waals surface area contributed by atoms with Crippen LogP contribution in [-0.2, 0) is 0 Å². The van der Waals surface area contributed by atoms with Gasteiger partial charge in [-0.1, -0.05) is 24.8 Å². The quantitative estimate of drug-likeness (QED) is 0.850. The average molecular weight is 352 g/mol. The van der Waals surface area contributed by atoms with Gasteiger partial charge >= 0.3 is 0 Å². The molecule has 0 radical (unpaired) electrons. The van der Waals surface area contributed by atoms with E-state index < -0.39 is 0 Å². The molecule has 5 heteroatoms. The van der Waals surface area contributed by atoms with E-state index in [1.54, 1.807) is 41.0 Å².